The Morgan fingerprint density at radius 3 is 2.70 bits per heavy atom. The number of nitrogens with one attached hydrogen (secondary N) is 1. The lowest BCUT2D eigenvalue weighted by molar-refractivity contribution is 0.102. The predicted molar refractivity (Wildman–Crippen MR) is 116 cm³/mol. The van der Waals surface area contributed by atoms with Gasteiger partial charge in [-0.25, -0.2) is 4.98 Å². The van der Waals surface area contributed by atoms with E-state index < -0.39 is 0 Å². The summed E-state index contributed by atoms with van der Waals surface area (Å²) in [6, 6.07) is 9.81. The van der Waals surface area contributed by atoms with Crippen LogP contribution < -0.4 is 5.32 Å². The lowest BCUT2D eigenvalue weighted by atomic mass is 9.97. The van der Waals surface area contributed by atoms with Crippen LogP contribution >= 0.6 is 0 Å². The number of aryl methyl sites for hydroxylation is 1. The molecular formula is C23H22N6O. The molecule has 1 N–H and O–H groups in total. The van der Waals surface area contributed by atoms with Gasteiger partial charge in [-0.2, -0.15) is 5.10 Å². The molecule has 0 aliphatic carbocycles. The average Bonchev–Trinajstić information content (AvgIpc) is 3.19. The second-order valence-corrected chi connectivity index (χ2v) is 7.81. The second-order valence-electron chi connectivity index (χ2n) is 7.81. The second kappa shape index (κ2) is 7.35. The van der Waals surface area contributed by atoms with Gasteiger partial charge in [0, 0.05) is 55.2 Å². The average molecular weight is 398 g/mol. The third kappa shape index (κ3) is 3.55. The SMILES string of the molecule is CN1CCc2ccc(C(=O)Nc3cc4cc(-c5cnn(C)c5)ncc4cn3)cc2C1. The number of rotatable bonds is 3. The Hall–Kier alpha value is -3.58. The van der Waals surface area contributed by atoms with E-state index in [1.165, 1.54) is 11.1 Å². The minimum atomic E-state index is -0.153. The van der Waals surface area contributed by atoms with E-state index in [4.69, 9.17) is 0 Å². The van der Waals surface area contributed by atoms with Crippen molar-refractivity contribution in [1.29, 1.82) is 0 Å². The lowest BCUT2D eigenvalue weighted by Gasteiger charge is -2.25. The molecule has 0 saturated heterocycles. The van der Waals surface area contributed by atoms with Crippen molar-refractivity contribution in [2.24, 2.45) is 7.05 Å². The minimum absolute atomic E-state index is 0.153. The molecule has 0 spiro atoms. The van der Waals surface area contributed by atoms with Crippen LogP contribution in [0.4, 0.5) is 5.82 Å². The first-order chi connectivity index (χ1) is 14.5. The molecule has 0 unspecified atom stereocenters. The first kappa shape index (κ1) is 18.4. The number of likely N-dealkylation sites (N-methyl/N-ethyl adjacent to an activating group) is 1. The molecule has 0 bridgehead atoms. The number of pyridine rings is 2. The first-order valence-corrected chi connectivity index (χ1v) is 9.92. The molecule has 1 aliphatic rings. The van der Waals surface area contributed by atoms with Crippen LogP contribution in [-0.4, -0.2) is 44.1 Å². The first-order valence-electron chi connectivity index (χ1n) is 9.92. The standard InChI is InChI=1S/C23H22N6O/c1-28-6-5-15-3-4-16(7-18(15)13-28)23(30)27-22-9-17-8-21(20-12-26-29(2)14-20)24-10-19(17)11-25-22/h3-4,7-12,14H,5-6,13H2,1-2H3,(H,25,27,30). The van der Waals surface area contributed by atoms with Crippen molar-refractivity contribution in [2.75, 3.05) is 18.9 Å². The highest BCUT2D eigenvalue weighted by atomic mass is 16.1. The van der Waals surface area contributed by atoms with E-state index in [9.17, 15) is 4.79 Å². The molecule has 3 aromatic heterocycles. The highest BCUT2D eigenvalue weighted by molar-refractivity contribution is 6.04. The molecule has 30 heavy (non-hydrogen) atoms. The summed E-state index contributed by atoms with van der Waals surface area (Å²) in [5, 5.41) is 9.01. The summed E-state index contributed by atoms with van der Waals surface area (Å²) in [4.78, 5) is 24.0. The van der Waals surface area contributed by atoms with E-state index in [0.717, 1.165) is 41.5 Å². The number of carbonyl (C=O) groups is 1. The third-order valence-corrected chi connectivity index (χ3v) is 5.52. The number of carbonyl (C=O) groups excluding carboxylic acids is 1. The Morgan fingerprint density at radius 2 is 1.87 bits per heavy atom. The van der Waals surface area contributed by atoms with Gasteiger partial charge in [0.2, 0.25) is 0 Å². The third-order valence-electron chi connectivity index (χ3n) is 5.52. The molecule has 4 heterocycles. The van der Waals surface area contributed by atoms with Crippen LogP contribution in [0.25, 0.3) is 22.0 Å². The van der Waals surface area contributed by atoms with Crippen LogP contribution in [-0.2, 0) is 20.0 Å². The highest BCUT2D eigenvalue weighted by Crippen LogP contribution is 2.24. The summed E-state index contributed by atoms with van der Waals surface area (Å²) >= 11 is 0. The lowest BCUT2D eigenvalue weighted by Crippen LogP contribution is -2.27. The van der Waals surface area contributed by atoms with Crippen molar-refractivity contribution >= 4 is 22.5 Å². The Morgan fingerprint density at radius 1 is 1.00 bits per heavy atom. The fourth-order valence-corrected chi connectivity index (χ4v) is 3.85. The fraction of sp³-hybridized carbons (Fsp3) is 0.217. The van der Waals surface area contributed by atoms with E-state index in [1.807, 2.05) is 37.5 Å². The number of hydrogen-bond acceptors (Lipinski definition) is 5. The highest BCUT2D eigenvalue weighted by Gasteiger charge is 2.16. The Labute approximate surface area is 174 Å². The van der Waals surface area contributed by atoms with Gasteiger partial charge in [0.25, 0.3) is 5.91 Å². The number of aromatic nitrogens is 4. The molecule has 0 atom stereocenters. The number of hydrogen-bond donors (Lipinski definition) is 1. The Bertz CT molecular complexity index is 1260. The molecule has 0 radical (unpaired) electrons. The molecule has 7 nitrogen and oxygen atoms in total. The summed E-state index contributed by atoms with van der Waals surface area (Å²) in [6.07, 6.45) is 8.24. The smallest absolute Gasteiger partial charge is 0.256 e. The number of amides is 1. The molecule has 0 fully saturated rings. The maximum Gasteiger partial charge on any atom is 0.256 e. The molecule has 1 aliphatic heterocycles. The Balaban J connectivity index is 1.41. The maximum absolute atomic E-state index is 12.8. The molecular weight excluding hydrogens is 376 g/mol. The zero-order valence-corrected chi connectivity index (χ0v) is 17.0. The van der Waals surface area contributed by atoms with E-state index in [2.05, 4.69) is 38.4 Å². The van der Waals surface area contributed by atoms with Crippen LogP contribution in [0.1, 0.15) is 21.5 Å². The summed E-state index contributed by atoms with van der Waals surface area (Å²) in [5.74, 6) is 0.366. The quantitative estimate of drug-likeness (QED) is 0.573. The van der Waals surface area contributed by atoms with Gasteiger partial charge in [-0.15, -0.1) is 0 Å². The maximum atomic E-state index is 12.8. The van der Waals surface area contributed by atoms with Crippen LogP contribution in [0.15, 0.2) is 55.1 Å². The number of benzene rings is 1. The van der Waals surface area contributed by atoms with Crippen molar-refractivity contribution in [3.63, 3.8) is 0 Å². The van der Waals surface area contributed by atoms with E-state index in [1.54, 1.807) is 23.3 Å². The van der Waals surface area contributed by atoms with Gasteiger partial charge in [0.05, 0.1) is 11.9 Å². The van der Waals surface area contributed by atoms with Gasteiger partial charge < -0.3 is 10.2 Å². The molecule has 0 saturated carbocycles. The van der Waals surface area contributed by atoms with Crippen LogP contribution in [0.3, 0.4) is 0 Å². The van der Waals surface area contributed by atoms with Gasteiger partial charge in [-0.1, -0.05) is 6.07 Å². The largest absolute Gasteiger partial charge is 0.307 e. The molecule has 1 amide bonds. The van der Waals surface area contributed by atoms with Gasteiger partial charge in [-0.05, 0) is 54.2 Å². The monoisotopic (exact) mass is 398 g/mol. The van der Waals surface area contributed by atoms with E-state index in [0.29, 0.717) is 11.4 Å². The fourth-order valence-electron chi connectivity index (χ4n) is 3.85. The van der Waals surface area contributed by atoms with Crippen molar-refractivity contribution in [3.8, 4) is 11.3 Å². The van der Waals surface area contributed by atoms with Crippen LogP contribution in [0.2, 0.25) is 0 Å². The summed E-state index contributed by atoms with van der Waals surface area (Å²) in [7, 11) is 3.98. The van der Waals surface area contributed by atoms with Gasteiger partial charge in [0.1, 0.15) is 5.82 Å². The molecule has 1 aromatic carbocycles. The molecule has 5 rings (SSSR count). The summed E-state index contributed by atoms with van der Waals surface area (Å²) in [5.41, 5.74) is 4.97. The summed E-state index contributed by atoms with van der Waals surface area (Å²) in [6.45, 7) is 1.92. The topological polar surface area (TPSA) is 75.9 Å². The van der Waals surface area contributed by atoms with Gasteiger partial charge in [0.15, 0.2) is 0 Å². The minimum Gasteiger partial charge on any atom is -0.307 e. The van der Waals surface area contributed by atoms with E-state index >= 15 is 0 Å². The molecule has 150 valence electrons. The van der Waals surface area contributed by atoms with Crippen LogP contribution in [0.5, 0.6) is 0 Å². The van der Waals surface area contributed by atoms with E-state index in [-0.39, 0.29) is 5.91 Å². The van der Waals surface area contributed by atoms with Crippen molar-refractivity contribution in [1.82, 2.24) is 24.6 Å². The zero-order valence-electron chi connectivity index (χ0n) is 17.0. The van der Waals surface area contributed by atoms with Crippen LogP contribution in [0, 0.1) is 0 Å². The Kier molecular flexibility index (Phi) is 4.52. The van der Waals surface area contributed by atoms with Crippen molar-refractivity contribution in [3.05, 3.63) is 71.8 Å². The van der Waals surface area contributed by atoms with Gasteiger partial charge >= 0.3 is 0 Å². The molecule has 4 aromatic rings. The van der Waals surface area contributed by atoms with Gasteiger partial charge in [-0.3, -0.25) is 14.5 Å². The zero-order chi connectivity index (χ0) is 20.7. The summed E-state index contributed by atoms with van der Waals surface area (Å²) < 4.78 is 1.75. The molecule has 7 heteroatoms. The normalized spacial score (nSPS) is 13.9. The number of anilines is 1. The van der Waals surface area contributed by atoms with Crippen molar-refractivity contribution < 1.29 is 4.79 Å². The number of fused-ring (bicyclic) bond motifs is 2. The van der Waals surface area contributed by atoms with Crippen molar-refractivity contribution in [2.45, 2.75) is 13.0 Å². The number of nitrogens with zero attached hydrogens (tertiary/aromatic N) is 5. The predicted octanol–water partition coefficient (Wildman–Crippen LogP) is 3.27.